The normalized spacial score (nSPS) is 19.8. The van der Waals surface area contributed by atoms with E-state index in [1.54, 1.807) is 12.1 Å². The molecule has 1 aliphatic carbocycles. The van der Waals surface area contributed by atoms with E-state index >= 15 is 0 Å². The smallest absolute Gasteiger partial charge is 0.142 e. The largest absolute Gasteiger partial charge is 0.205 e. The molecular weight excluding hydrogens is 403 g/mol. The molecule has 0 saturated heterocycles. The Morgan fingerprint density at radius 1 is 0.871 bits per heavy atom. The van der Waals surface area contributed by atoms with Crippen molar-refractivity contribution in [3.63, 3.8) is 0 Å². The lowest BCUT2D eigenvalue weighted by atomic mass is 9.76. The Bertz CT molecular complexity index is 956. The molecule has 0 nitrogen and oxygen atoms in total. The van der Waals surface area contributed by atoms with Crippen molar-refractivity contribution in [1.82, 2.24) is 0 Å². The van der Waals surface area contributed by atoms with E-state index in [1.807, 2.05) is 6.07 Å². The topological polar surface area (TPSA) is 0 Å². The van der Waals surface area contributed by atoms with Crippen LogP contribution >= 0.6 is 11.6 Å². The van der Waals surface area contributed by atoms with Crippen molar-refractivity contribution in [2.45, 2.75) is 63.7 Å². The SMILES string of the molecule is CC(Cc1ccc(C2CCC(CCc3ccc(Cl)c(F)c3)CC2)cc1)c1ccccc1. The van der Waals surface area contributed by atoms with Crippen LogP contribution in [-0.4, -0.2) is 0 Å². The molecule has 0 heterocycles. The Labute approximate surface area is 191 Å². The van der Waals surface area contributed by atoms with Crippen LogP contribution in [0.25, 0.3) is 0 Å². The van der Waals surface area contributed by atoms with Gasteiger partial charge in [-0.05, 0) is 97.1 Å². The minimum absolute atomic E-state index is 0.213. The number of hydrogen-bond donors (Lipinski definition) is 0. The molecule has 1 fully saturated rings. The second-order valence-electron chi connectivity index (χ2n) is 9.26. The maximum atomic E-state index is 13.6. The molecule has 1 unspecified atom stereocenters. The van der Waals surface area contributed by atoms with Crippen LogP contribution in [-0.2, 0) is 12.8 Å². The van der Waals surface area contributed by atoms with Gasteiger partial charge in [-0.1, -0.05) is 79.2 Å². The van der Waals surface area contributed by atoms with E-state index in [-0.39, 0.29) is 10.8 Å². The summed E-state index contributed by atoms with van der Waals surface area (Å²) in [5.74, 6) is 1.67. The van der Waals surface area contributed by atoms with Crippen molar-refractivity contribution in [2.24, 2.45) is 5.92 Å². The van der Waals surface area contributed by atoms with Crippen LogP contribution in [0.5, 0.6) is 0 Å². The van der Waals surface area contributed by atoms with Crippen LogP contribution < -0.4 is 0 Å². The molecule has 0 spiro atoms. The summed E-state index contributed by atoms with van der Waals surface area (Å²) >= 11 is 5.79. The maximum absolute atomic E-state index is 13.6. The highest BCUT2D eigenvalue weighted by atomic mass is 35.5. The Morgan fingerprint density at radius 2 is 1.55 bits per heavy atom. The van der Waals surface area contributed by atoms with Gasteiger partial charge in [-0.3, -0.25) is 0 Å². The summed E-state index contributed by atoms with van der Waals surface area (Å²) in [6, 6.07) is 25.4. The Hall–Kier alpha value is -2.12. The molecule has 3 aromatic carbocycles. The molecule has 0 bridgehead atoms. The van der Waals surface area contributed by atoms with Crippen molar-refractivity contribution in [3.05, 3.63) is 106 Å². The second-order valence-corrected chi connectivity index (χ2v) is 9.67. The van der Waals surface area contributed by atoms with Crippen LogP contribution in [0.3, 0.4) is 0 Å². The molecule has 1 aliphatic rings. The molecule has 0 aromatic heterocycles. The lowest BCUT2D eigenvalue weighted by Crippen LogP contribution is -2.14. The third-order valence-electron chi connectivity index (χ3n) is 7.03. The van der Waals surface area contributed by atoms with Gasteiger partial charge in [0.25, 0.3) is 0 Å². The van der Waals surface area contributed by atoms with Gasteiger partial charge in [0, 0.05) is 0 Å². The van der Waals surface area contributed by atoms with E-state index in [4.69, 9.17) is 11.6 Å². The molecule has 0 aliphatic heterocycles. The van der Waals surface area contributed by atoms with Crippen molar-refractivity contribution in [2.75, 3.05) is 0 Å². The van der Waals surface area contributed by atoms with Crippen molar-refractivity contribution in [1.29, 1.82) is 0 Å². The molecule has 4 rings (SSSR count). The maximum Gasteiger partial charge on any atom is 0.142 e. The average molecular weight is 435 g/mol. The van der Waals surface area contributed by atoms with Gasteiger partial charge < -0.3 is 0 Å². The fourth-order valence-electron chi connectivity index (χ4n) is 5.03. The highest BCUT2D eigenvalue weighted by Gasteiger charge is 2.22. The van der Waals surface area contributed by atoms with Gasteiger partial charge >= 0.3 is 0 Å². The summed E-state index contributed by atoms with van der Waals surface area (Å²) in [5, 5.41) is 0.213. The summed E-state index contributed by atoms with van der Waals surface area (Å²) in [6.07, 6.45) is 8.24. The molecule has 31 heavy (non-hydrogen) atoms. The van der Waals surface area contributed by atoms with E-state index in [2.05, 4.69) is 61.5 Å². The fourth-order valence-corrected chi connectivity index (χ4v) is 5.15. The summed E-state index contributed by atoms with van der Waals surface area (Å²) in [6.45, 7) is 2.31. The fraction of sp³-hybridized carbons (Fsp3) is 0.379. The van der Waals surface area contributed by atoms with Crippen LogP contribution in [0.4, 0.5) is 4.39 Å². The molecule has 0 radical (unpaired) electrons. The van der Waals surface area contributed by atoms with E-state index < -0.39 is 0 Å². The molecule has 0 amide bonds. The highest BCUT2D eigenvalue weighted by molar-refractivity contribution is 6.30. The predicted molar refractivity (Wildman–Crippen MR) is 129 cm³/mol. The van der Waals surface area contributed by atoms with Crippen LogP contribution in [0.15, 0.2) is 72.8 Å². The van der Waals surface area contributed by atoms with Crippen molar-refractivity contribution >= 4 is 11.6 Å². The van der Waals surface area contributed by atoms with Gasteiger partial charge in [-0.25, -0.2) is 4.39 Å². The number of hydrogen-bond acceptors (Lipinski definition) is 0. The predicted octanol–water partition coefficient (Wildman–Crippen LogP) is 8.73. The van der Waals surface area contributed by atoms with Crippen LogP contribution in [0.1, 0.15) is 73.1 Å². The zero-order valence-electron chi connectivity index (χ0n) is 18.4. The minimum atomic E-state index is -0.301. The second kappa shape index (κ2) is 10.5. The highest BCUT2D eigenvalue weighted by Crippen LogP contribution is 2.38. The number of aryl methyl sites for hydroxylation is 1. The van der Waals surface area contributed by atoms with Gasteiger partial charge in [0.15, 0.2) is 0 Å². The summed E-state index contributed by atoms with van der Waals surface area (Å²) in [7, 11) is 0. The van der Waals surface area contributed by atoms with Gasteiger partial charge in [-0.15, -0.1) is 0 Å². The minimum Gasteiger partial charge on any atom is -0.205 e. The quantitative estimate of drug-likeness (QED) is 0.348. The third kappa shape index (κ3) is 5.98. The first kappa shape index (κ1) is 22.1. The Morgan fingerprint density at radius 3 is 2.23 bits per heavy atom. The van der Waals surface area contributed by atoms with Gasteiger partial charge in [0.1, 0.15) is 5.82 Å². The van der Waals surface area contributed by atoms with E-state index in [1.165, 1.54) is 42.4 Å². The van der Waals surface area contributed by atoms with Crippen LogP contribution in [0, 0.1) is 11.7 Å². The first-order valence-electron chi connectivity index (χ1n) is 11.7. The molecule has 162 valence electrons. The standard InChI is InChI=1S/C29H32ClF/c1-21(25-5-3-2-4-6-25)19-23-11-16-27(17-12-23)26-14-9-22(10-15-26)7-8-24-13-18-28(30)29(31)20-24/h2-6,11-13,16-18,20-22,26H,7-10,14-15,19H2,1H3. The third-order valence-corrected chi connectivity index (χ3v) is 7.34. The van der Waals surface area contributed by atoms with Gasteiger partial charge in [0.2, 0.25) is 0 Å². The van der Waals surface area contributed by atoms with Crippen LogP contribution in [0.2, 0.25) is 5.02 Å². The molecule has 1 atom stereocenters. The lowest BCUT2D eigenvalue weighted by molar-refractivity contribution is 0.310. The zero-order valence-corrected chi connectivity index (χ0v) is 19.1. The lowest BCUT2D eigenvalue weighted by Gasteiger charge is -2.29. The first-order valence-corrected chi connectivity index (χ1v) is 12.0. The molecule has 2 heteroatoms. The Kier molecular flexibility index (Phi) is 7.45. The Balaban J connectivity index is 1.25. The van der Waals surface area contributed by atoms with Crippen molar-refractivity contribution < 1.29 is 4.39 Å². The summed E-state index contributed by atoms with van der Waals surface area (Å²) in [5.41, 5.74) is 5.38. The zero-order chi connectivity index (χ0) is 21.6. The summed E-state index contributed by atoms with van der Waals surface area (Å²) in [4.78, 5) is 0. The number of halogens is 2. The molecular formula is C29H32ClF. The average Bonchev–Trinajstić information content (AvgIpc) is 2.81. The van der Waals surface area contributed by atoms with E-state index in [0.29, 0.717) is 11.8 Å². The first-order chi connectivity index (χ1) is 15.1. The number of benzene rings is 3. The van der Waals surface area contributed by atoms with E-state index in [9.17, 15) is 4.39 Å². The molecule has 0 N–H and O–H groups in total. The molecule has 1 saturated carbocycles. The van der Waals surface area contributed by atoms with Gasteiger partial charge in [0.05, 0.1) is 5.02 Å². The number of rotatable bonds is 7. The summed E-state index contributed by atoms with van der Waals surface area (Å²) < 4.78 is 13.6. The molecule has 3 aromatic rings. The van der Waals surface area contributed by atoms with Gasteiger partial charge in [-0.2, -0.15) is 0 Å². The van der Waals surface area contributed by atoms with Crippen molar-refractivity contribution in [3.8, 4) is 0 Å². The monoisotopic (exact) mass is 434 g/mol. The van der Waals surface area contributed by atoms with E-state index in [0.717, 1.165) is 30.7 Å².